The molecule has 0 radical (unpaired) electrons. The number of fused-ring (bicyclic) bond motifs is 1. The van der Waals surface area contributed by atoms with Crippen molar-refractivity contribution in [1.82, 2.24) is 9.88 Å². The molecule has 0 spiro atoms. The summed E-state index contributed by atoms with van der Waals surface area (Å²) >= 11 is 6.30. The molecule has 1 aromatic carbocycles. The van der Waals surface area contributed by atoms with Crippen molar-refractivity contribution in [3.63, 3.8) is 0 Å². The lowest BCUT2D eigenvalue weighted by molar-refractivity contribution is -0.147. The summed E-state index contributed by atoms with van der Waals surface area (Å²) in [5.41, 5.74) is 0.384. The van der Waals surface area contributed by atoms with Crippen molar-refractivity contribution in [3.05, 3.63) is 35.0 Å². The third-order valence-electron chi connectivity index (χ3n) is 3.87. The van der Waals surface area contributed by atoms with E-state index < -0.39 is 11.4 Å². The summed E-state index contributed by atoms with van der Waals surface area (Å²) in [5, 5.41) is 13.0. The summed E-state index contributed by atoms with van der Waals surface area (Å²) in [6.07, 6.45) is 0.343. The van der Waals surface area contributed by atoms with Crippen LogP contribution in [0.2, 0.25) is 5.02 Å². The standard InChI is InChI=1S/C16H19ClN2O3/c1-16(2,15(21)22)8-9-18-14(20)13-12(17)10-6-4-5-7-11(10)19(13)3/h4-7H,8-9H2,1-3H3,(H,18,20)(H,21,22). The highest BCUT2D eigenvalue weighted by molar-refractivity contribution is 6.38. The Morgan fingerprint density at radius 1 is 1.32 bits per heavy atom. The molecule has 0 unspecified atom stereocenters. The van der Waals surface area contributed by atoms with E-state index in [4.69, 9.17) is 16.7 Å². The number of amides is 1. The van der Waals surface area contributed by atoms with E-state index in [1.807, 2.05) is 24.3 Å². The summed E-state index contributed by atoms with van der Waals surface area (Å²) in [6.45, 7) is 3.53. The highest BCUT2D eigenvalue weighted by atomic mass is 35.5. The SMILES string of the molecule is Cn1c(C(=O)NCCC(C)(C)C(=O)O)c(Cl)c2ccccc21. The van der Waals surface area contributed by atoms with Gasteiger partial charge in [0.1, 0.15) is 5.69 Å². The maximum absolute atomic E-state index is 12.3. The van der Waals surface area contributed by atoms with Crippen LogP contribution in [0.4, 0.5) is 0 Å². The van der Waals surface area contributed by atoms with Crippen molar-refractivity contribution < 1.29 is 14.7 Å². The van der Waals surface area contributed by atoms with Crippen LogP contribution in [-0.4, -0.2) is 28.1 Å². The van der Waals surface area contributed by atoms with E-state index in [1.165, 1.54) is 0 Å². The highest BCUT2D eigenvalue weighted by Gasteiger charge is 2.27. The highest BCUT2D eigenvalue weighted by Crippen LogP contribution is 2.29. The Kier molecular flexibility index (Phi) is 4.47. The number of carbonyl (C=O) groups is 2. The van der Waals surface area contributed by atoms with E-state index >= 15 is 0 Å². The lowest BCUT2D eigenvalue weighted by Crippen LogP contribution is -2.32. The van der Waals surface area contributed by atoms with E-state index in [-0.39, 0.29) is 12.5 Å². The lowest BCUT2D eigenvalue weighted by Gasteiger charge is -2.19. The van der Waals surface area contributed by atoms with Gasteiger partial charge in [-0.1, -0.05) is 29.8 Å². The smallest absolute Gasteiger partial charge is 0.309 e. The van der Waals surface area contributed by atoms with Gasteiger partial charge in [0, 0.05) is 24.5 Å². The van der Waals surface area contributed by atoms with Crippen LogP contribution in [0, 0.1) is 5.41 Å². The van der Waals surface area contributed by atoms with Gasteiger partial charge in [0.25, 0.3) is 5.91 Å². The molecule has 6 heteroatoms. The third-order valence-corrected chi connectivity index (χ3v) is 4.26. The molecule has 0 bridgehead atoms. The number of nitrogens with one attached hydrogen (secondary N) is 1. The second kappa shape index (κ2) is 6.01. The van der Waals surface area contributed by atoms with Gasteiger partial charge in [-0.2, -0.15) is 0 Å². The van der Waals surface area contributed by atoms with Gasteiger partial charge in [0.2, 0.25) is 0 Å². The fourth-order valence-corrected chi connectivity index (χ4v) is 2.65. The van der Waals surface area contributed by atoms with Gasteiger partial charge >= 0.3 is 5.97 Å². The second-order valence-electron chi connectivity index (χ2n) is 5.93. The van der Waals surface area contributed by atoms with Crippen LogP contribution >= 0.6 is 11.6 Å². The molecule has 2 N–H and O–H groups in total. The van der Waals surface area contributed by atoms with Crippen LogP contribution in [0.1, 0.15) is 30.8 Å². The van der Waals surface area contributed by atoms with Crippen LogP contribution in [-0.2, 0) is 11.8 Å². The van der Waals surface area contributed by atoms with Crippen LogP contribution in [0.5, 0.6) is 0 Å². The Bertz CT molecular complexity index is 695. The predicted molar refractivity (Wildman–Crippen MR) is 86.3 cm³/mol. The Balaban J connectivity index is 2.16. The molecule has 5 nitrogen and oxygen atoms in total. The number of para-hydroxylation sites is 1. The summed E-state index contributed by atoms with van der Waals surface area (Å²) in [5.74, 6) is -1.19. The van der Waals surface area contributed by atoms with Gasteiger partial charge in [-0.05, 0) is 26.3 Å². The van der Waals surface area contributed by atoms with Gasteiger partial charge in [0.15, 0.2) is 0 Å². The first kappa shape index (κ1) is 16.4. The number of aryl methyl sites for hydroxylation is 1. The zero-order valence-corrected chi connectivity index (χ0v) is 13.6. The average molecular weight is 323 g/mol. The molecule has 0 aliphatic rings. The van der Waals surface area contributed by atoms with Crippen LogP contribution in [0.25, 0.3) is 10.9 Å². The molecule has 2 aromatic rings. The van der Waals surface area contributed by atoms with E-state index in [1.54, 1.807) is 25.5 Å². The molecule has 1 heterocycles. The number of nitrogens with zero attached hydrogens (tertiary/aromatic N) is 1. The summed E-state index contributed by atoms with van der Waals surface area (Å²) in [4.78, 5) is 23.4. The van der Waals surface area contributed by atoms with E-state index in [9.17, 15) is 9.59 Å². The van der Waals surface area contributed by atoms with Crippen LogP contribution in [0.3, 0.4) is 0 Å². The van der Waals surface area contributed by atoms with E-state index in [2.05, 4.69) is 5.32 Å². The summed E-state index contributed by atoms with van der Waals surface area (Å²) in [7, 11) is 1.78. The molecule has 1 aromatic heterocycles. The monoisotopic (exact) mass is 322 g/mol. The quantitative estimate of drug-likeness (QED) is 0.888. The Labute approximate surface area is 133 Å². The number of hydrogen-bond acceptors (Lipinski definition) is 2. The summed E-state index contributed by atoms with van der Waals surface area (Å²) in [6, 6.07) is 7.51. The van der Waals surface area contributed by atoms with Crippen molar-refractivity contribution in [2.75, 3.05) is 6.54 Å². The first-order valence-corrected chi connectivity index (χ1v) is 7.38. The van der Waals surface area contributed by atoms with Crippen molar-refractivity contribution in [1.29, 1.82) is 0 Å². The van der Waals surface area contributed by atoms with Crippen molar-refractivity contribution in [2.45, 2.75) is 20.3 Å². The first-order chi connectivity index (χ1) is 10.3. The van der Waals surface area contributed by atoms with Crippen LogP contribution < -0.4 is 5.32 Å². The number of aliphatic carboxylic acids is 1. The lowest BCUT2D eigenvalue weighted by atomic mass is 9.90. The van der Waals surface area contributed by atoms with Gasteiger partial charge in [0.05, 0.1) is 10.4 Å². The number of benzene rings is 1. The molecule has 0 saturated heterocycles. The normalized spacial score (nSPS) is 11.6. The molecule has 118 valence electrons. The number of rotatable bonds is 5. The van der Waals surface area contributed by atoms with Gasteiger partial charge < -0.3 is 15.0 Å². The van der Waals surface area contributed by atoms with Gasteiger partial charge in [-0.15, -0.1) is 0 Å². The van der Waals surface area contributed by atoms with E-state index in [0.29, 0.717) is 17.1 Å². The Morgan fingerprint density at radius 2 is 1.95 bits per heavy atom. The average Bonchev–Trinajstić information content (AvgIpc) is 2.71. The molecular formula is C16H19ClN2O3. The van der Waals surface area contributed by atoms with E-state index in [0.717, 1.165) is 10.9 Å². The first-order valence-electron chi connectivity index (χ1n) is 7.00. The summed E-state index contributed by atoms with van der Waals surface area (Å²) < 4.78 is 1.75. The molecule has 0 aliphatic heterocycles. The number of carboxylic acids is 1. The second-order valence-corrected chi connectivity index (χ2v) is 6.31. The van der Waals surface area contributed by atoms with Gasteiger partial charge in [-0.3, -0.25) is 9.59 Å². The maximum Gasteiger partial charge on any atom is 0.309 e. The Hall–Kier alpha value is -2.01. The van der Waals surface area contributed by atoms with Crippen molar-refractivity contribution in [2.24, 2.45) is 12.5 Å². The third kappa shape index (κ3) is 2.95. The molecule has 0 atom stereocenters. The molecule has 0 aliphatic carbocycles. The number of carboxylic acid groups (broad SMARTS) is 1. The zero-order chi connectivity index (χ0) is 16.5. The fourth-order valence-electron chi connectivity index (χ4n) is 2.28. The molecule has 1 amide bonds. The molecule has 0 saturated carbocycles. The minimum Gasteiger partial charge on any atom is -0.481 e. The number of aromatic nitrogens is 1. The molecular weight excluding hydrogens is 304 g/mol. The van der Waals surface area contributed by atoms with Gasteiger partial charge in [-0.25, -0.2) is 0 Å². The molecule has 22 heavy (non-hydrogen) atoms. The minimum absolute atomic E-state index is 0.274. The minimum atomic E-state index is -0.885. The van der Waals surface area contributed by atoms with Crippen molar-refractivity contribution in [3.8, 4) is 0 Å². The zero-order valence-electron chi connectivity index (χ0n) is 12.8. The number of hydrogen-bond donors (Lipinski definition) is 2. The number of carbonyl (C=O) groups excluding carboxylic acids is 1. The number of halogens is 1. The molecule has 2 rings (SSSR count). The maximum atomic E-state index is 12.3. The predicted octanol–water partition coefficient (Wildman–Crippen LogP) is 3.06. The molecule has 0 fully saturated rings. The topological polar surface area (TPSA) is 71.3 Å². The fraction of sp³-hybridized carbons (Fsp3) is 0.375. The largest absolute Gasteiger partial charge is 0.481 e. The van der Waals surface area contributed by atoms with Crippen LogP contribution in [0.15, 0.2) is 24.3 Å². The van der Waals surface area contributed by atoms with Crippen molar-refractivity contribution >= 4 is 34.4 Å². The Morgan fingerprint density at radius 3 is 2.55 bits per heavy atom.